The SMILES string of the molecule is CC(C)CONC(=O)c1ccc([N+](=O)[O-])cc1F. The molecule has 0 bridgehead atoms. The summed E-state index contributed by atoms with van der Waals surface area (Å²) >= 11 is 0. The van der Waals surface area contributed by atoms with Gasteiger partial charge in [-0.2, -0.15) is 0 Å². The van der Waals surface area contributed by atoms with Crippen molar-refractivity contribution in [1.82, 2.24) is 5.48 Å². The number of non-ortho nitro benzene ring substituents is 1. The van der Waals surface area contributed by atoms with Gasteiger partial charge in [0.1, 0.15) is 5.82 Å². The molecule has 1 aromatic rings. The zero-order chi connectivity index (χ0) is 13.7. The van der Waals surface area contributed by atoms with Crippen LogP contribution in [0.2, 0.25) is 0 Å². The van der Waals surface area contributed by atoms with Gasteiger partial charge in [-0.15, -0.1) is 0 Å². The maximum Gasteiger partial charge on any atom is 0.277 e. The molecule has 1 amide bonds. The minimum atomic E-state index is -0.963. The van der Waals surface area contributed by atoms with Gasteiger partial charge in [0.15, 0.2) is 0 Å². The molecule has 1 aromatic carbocycles. The number of nitro groups is 1. The van der Waals surface area contributed by atoms with Gasteiger partial charge >= 0.3 is 0 Å². The third kappa shape index (κ3) is 3.77. The number of carbonyl (C=O) groups is 1. The quantitative estimate of drug-likeness (QED) is 0.645. The number of benzene rings is 1. The van der Waals surface area contributed by atoms with Gasteiger partial charge < -0.3 is 0 Å². The molecule has 0 saturated heterocycles. The molecule has 7 heteroatoms. The lowest BCUT2D eigenvalue weighted by atomic mass is 10.2. The van der Waals surface area contributed by atoms with Crippen LogP contribution in [0.15, 0.2) is 18.2 Å². The van der Waals surface area contributed by atoms with E-state index in [1.54, 1.807) is 0 Å². The number of nitrogens with zero attached hydrogens (tertiary/aromatic N) is 1. The number of amides is 1. The first kappa shape index (κ1) is 14.0. The van der Waals surface area contributed by atoms with Crippen LogP contribution in [0.3, 0.4) is 0 Å². The minimum absolute atomic E-state index is 0.215. The van der Waals surface area contributed by atoms with Crippen molar-refractivity contribution in [2.45, 2.75) is 13.8 Å². The molecule has 0 spiro atoms. The highest BCUT2D eigenvalue weighted by molar-refractivity contribution is 5.93. The van der Waals surface area contributed by atoms with Crippen molar-refractivity contribution in [2.24, 2.45) is 5.92 Å². The topological polar surface area (TPSA) is 81.5 Å². The lowest BCUT2D eigenvalue weighted by Crippen LogP contribution is -2.26. The molecule has 18 heavy (non-hydrogen) atoms. The van der Waals surface area contributed by atoms with Gasteiger partial charge in [0.2, 0.25) is 0 Å². The first-order valence-electron chi connectivity index (χ1n) is 5.28. The van der Waals surface area contributed by atoms with E-state index < -0.39 is 22.3 Å². The second-order valence-corrected chi connectivity index (χ2v) is 4.06. The normalized spacial score (nSPS) is 10.4. The predicted molar refractivity (Wildman–Crippen MR) is 61.3 cm³/mol. The van der Waals surface area contributed by atoms with E-state index >= 15 is 0 Å². The first-order chi connectivity index (χ1) is 8.41. The third-order valence-corrected chi connectivity index (χ3v) is 1.99. The Balaban J connectivity index is 2.72. The molecule has 0 atom stereocenters. The zero-order valence-corrected chi connectivity index (χ0v) is 9.97. The lowest BCUT2D eigenvalue weighted by molar-refractivity contribution is -0.385. The van der Waals surface area contributed by atoms with Crippen molar-refractivity contribution in [1.29, 1.82) is 0 Å². The van der Waals surface area contributed by atoms with Crippen LogP contribution in [-0.2, 0) is 4.84 Å². The number of rotatable bonds is 5. The molecule has 6 nitrogen and oxygen atoms in total. The Morgan fingerprint density at radius 3 is 2.72 bits per heavy atom. The van der Waals surface area contributed by atoms with Crippen molar-refractivity contribution in [2.75, 3.05) is 6.61 Å². The van der Waals surface area contributed by atoms with Gasteiger partial charge in [0.05, 0.1) is 23.2 Å². The molecule has 0 saturated carbocycles. The Morgan fingerprint density at radius 1 is 1.56 bits per heavy atom. The number of hydrogen-bond donors (Lipinski definition) is 1. The van der Waals surface area contributed by atoms with E-state index in [9.17, 15) is 19.3 Å². The van der Waals surface area contributed by atoms with Gasteiger partial charge in [-0.25, -0.2) is 9.87 Å². The molecule has 0 aromatic heterocycles. The summed E-state index contributed by atoms with van der Waals surface area (Å²) < 4.78 is 13.4. The molecule has 0 fully saturated rings. The number of carbonyl (C=O) groups excluding carboxylic acids is 1. The van der Waals surface area contributed by atoms with Crippen LogP contribution in [0.4, 0.5) is 10.1 Å². The highest BCUT2D eigenvalue weighted by Gasteiger charge is 2.16. The van der Waals surface area contributed by atoms with Gasteiger partial charge in [-0.05, 0) is 12.0 Å². The molecule has 1 rings (SSSR count). The maximum atomic E-state index is 13.4. The highest BCUT2D eigenvalue weighted by atomic mass is 19.1. The maximum absolute atomic E-state index is 13.4. The van der Waals surface area contributed by atoms with Crippen LogP contribution >= 0.6 is 0 Å². The second-order valence-electron chi connectivity index (χ2n) is 4.06. The number of nitro benzene ring substituents is 1. The predicted octanol–water partition coefficient (Wildman–Crippen LogP) is 2.05. The van der Waals surface area contributed by atoms with E-state index in [1.165, 1.54) is 0 Å². The highest BCUT2D eigenvalue weighted by Crippen LogP contribution is 2.16. The Morgan fingerprint density at radius 2 is 2.22 bits per heavy atom. The van der Waals surface area contributed by atoms with Gasteiger partial charge in [-0.1, -0.05) is 13.8 Å². The molecule has 98 valence electrons. The summed E-state index contributed by atoms with van der Waals surface area (Å²) in [5, 5.41) is 10.4. The Kier molecular flexibility index (Phi) is 4.73. The summed E-state index contributed by atoms with van der Waals surface area (Å²) in [4.78, 5) is 26.0. The molecule has 1 N–H and O–H groups in total. The summed E-state index contributed by atoms with van der Waals surface area (Å²) in [6, 6.07) is 2.79. The second kappa shape index (κ2) is 6.06. The van der Waals surface area contributed by atoms with E-state index in [4.69, 9.17) is 4.84 Å². The Hall–Kier alpha value is -2.02. The smallest absolute Gasteiger partial charge is 0.273 e. The molecular formula is C11H13FN2O4. The fourth-order valence-electron chi connectivity index (χ4n) is 1.13. The van der Waals surface area contributed by atoms with Crippen LogP contribution in [0.5, 0.6) is 0 Å². The van der Waals surface area contributed by atoms with Crippen molar-refractivity contribution < 1.29 is 18.9 Å². The molecule has 0 unspecified atom stereocenters. The van der Waals surface area contributed by atoms with Crippen molar-refractivity contribution in [3.05, 3.63) is 39.7 Å². The standard InChI is InChI=1S/C11H13FN2O4/c1-7(2)6-18-13-11(15)9-4-3-8(14(16)17)5-10(9)12/h3-5,7H,6H2,1-2H3,(H,13,15). The summed E-state index contributed by atoms with van der Waals surface area (Å²) in [5.41, 5.74) is 1.36. The van der Waals surface area contributed by atoms with Crippen LogP contribution in [-0.4, -0.2) is 17.4 Å². The van der Waals surface area contributed by atoms with Crippen molar-refractivity contribution in [3.8, 4) is 0 Å². The Labute approximate surface area is 103 Å². The van der Waals surface area contributed by atoms with Crippen molar-refractivity contribution >= 4 is 11.6 Å². The lowest BCUT2D eigenvalue weighted by Gasteiger charge is -2.08. The summed E-state index contributed by atoms with van der Waals surface area (Å²) in [6.45, 7) is 4.07. The average Bonchev–Trinajstić information content (AvgIpc) is 2.27. The summed E-state index contributed by atoms with van der Waals surface area (Å²) in [5.74, 6) is -1.52. The van der Waals surface area contributed by atoms with E-state index in [-0.39, 0.29) is 11.5 Å². The number of halogens is 1. The average molecular weight is 256 g/mol. The minimum Gasteiger partial charge on any atom is -0.273 e. The van der Waals surface area contributed by atoms with Crippen LogP contribution in [0.1, 0.15) is 24.2 Å². The molecule has 0 aliphatic carbocycles. The van der Waals surface area contributed by atoms with Crippen LogP contribution in [0.25, 0.3) is 0 Å². The molecule has 0 radical (unpaired) electrons. The summed E-state index contributed by atoms with van der Waals surface area (Å²) in [7, 11) is 0. The van der Waals surface area contributed by atoms with Crippen molar-refractivity contribution in [3.63, 3.8) is 0 Å². The van der Waals surface area contributed by atoms with E-state index in [0.29, 0.717) is 12.7 Å². The van der Waals surface area contributed by atoms with Gasteiger partial charge in [-0.3, -0.25) is 19.7 Å². The third-order valence-electron chi connectivity index (χ3n) is 1.99. The van der Waals surface area contributed by atoms with Crippen LogP contribution in [0, 0.1) is 21.8 Å². The largest absolute Gasteiger partial charge is 0.277 e. The molecule has 0 aliphatic heterocycles. The fraction of sp³-hybridized carbons (Fsp3) is 0.364. The zero-order valence-electron chi connectivity index (χ0n) is 9.97. The summed E-state index contributed by atoms with van der Waals surface area (Å²) in [6.07, 6.45) is 0. The molecule has 0 aliphatic rings. The monoisotopic (exact) mass is 256 g/mol. The molecule has 0 heterocycles. The molecular weight excluding hydrogens is 243 g/mol. The fourth-order valence-corrected chi connectivity index (χ4v) is 1.13. The number of nitrogens with one attached hydrogen (secondary N) is 1. The number of hydrogen-bond acceptors (Lipinski definition) is 4. The van der Waals surface area contributed by atoms with E-state index in [0.717, 1.165) is 12.1 Å². The van der Waals surface area contributed by atoms with Crippen LogP contribution < -0.4 is 5.48 Å². The Bertz CT molecular complexity index is 462. The van der Waals surface area contributed by atoms with E-state index in [1.807, 2.05) is 13.8 Å². The van der Waals surface area contributed by atoms with E-state index in [2.05, 4.69) is 5.48 Å². The first-order valence-corrected chi connectivity index (χ1v) is 5.28. The van der Waals surface area contributed by atoms with Gasteiger partial charge in [0, 0.05) is 6.07 Å². The van der Waals surface area contributed by atoms with Gasteiger partial charge in [0.25, 0.3) is 11.6 Å². The number of hydroxylamine groups is 1.